The van der Waals surface area contributed by atoms with E-state index in [1.165, 1.54) is 12.8 Å². The lowest BCUT2D eigenvalue weighted by Gasteiger charge is -1.98. The van der Waals surface area contributed by atoms with Crippen LogP contribution in [0.4, 0.5) is 0 Å². The summed E-state index contributed by atoms with van der Waals surface area (Å²) in [4.78, 5) is 0. The molecule has 0 fully saturated rings. The molecule has 68 valence electrons. The molecule has 0 rings (SSSR count). The van der Waals surface area contributed by atoms with Gasteiger partial charge in [0.15, 0.2) is 0 Å². The van der Waals surface area contributed by atoms with Gasteiger partial charge in [-0.15, -0.1) is 0 Å². The summed E-state index contributed by atoms with van der Waals surface area (Å²) >= 11 is 9.81. The van der Waals surface area contributed by atoms with Gasteiger partial charge in [-0.05, 0) is 12.8 Å². The first kappa shape index (κ1) is 12.6. The van der Waals surface area contributed by atoms with E-state index in [0.717, 1.165) is 22.2 Å². The molecule has 0 aliphatic rings. The second kappa shape index (κ2) is 11.6. The highest BCUT2D eigenvalue weighted by Crippen LogP contribution is 2.16. The van der Waals surface area contributed by atoms with Crippen molar-refractivity contribution in [3.63, 3.8) is 0 Å². The van der Waals surface area contributed by atoms with Crippen molar-refractivity contribution in [3.05, 3.63) is 0 Å². The summed E-state index contributed by atoms with van der Waals surface area (Å²) < 4.78 is 5.23. The minimum absolute atomic E-state index is 1.06. The van der Waals surface area contributed by atoms with Gasteiger partial charge >= 0.3 is 0 Å². The van der Waals surface area contributed by atoms with E-state index in [1.807, 2.05) is 0 Å². The van der Waals surface area contributed by atoms with E-state index in [1.54, 1.807) is 24.1 Å². The molecule has 0 aromatic rings. The summed E-state index contributed by atoms with van der Waals surface area (Å²) in [5, 5.41) is 2.13. The zero-order valence-corrected chi connectivity index (χ0v) is 11.0. The second-order valence-electron chi connectivity index (χ2n) is 1.80. The van der Waals surface area contributed by atoms with Gasteiger partial charge in [-0.25, -0.2) is 3.63 Å². The van der Waals surface area contributed by atoms with Gasteiger partial charge in [-0.2, -0.15) is 0 Å². The van der Waals surface area contributed by atoms with E-state index in [-0.39, 0.29) is 0 Å². The van der Waals surface area contributed by atoms with E-state index in [2.05, 4.69) is 31.9 Å². The summed E-state index contributed by atoms with van der Waals surface area (Å²) in [5.74, 6) is 2.15. The van der Waals surface area contributed by atoms with Gasteiger partial charge in [0.1, 0.15) is 0 Å². The molecule has 0 spiro atoms. The highest BCUT2D eigenvalue weighted by Gasteiger charge is 1.90. The van der Waals surface area contributed by atoms with Crippen LogP contribution in [0.2, 0.25) is 0 Å². The number of halogens is 2. The van der Waals surface area contributed by atoms with Crippen LogP contribution >= 0.6 is 55.9 Å². The molecule has 0 bridgehead atoms. The average molecular weight is 324 g/mol. The minimum atomic E-state index is 1.06. The third kappa shape index (κ3) is 11.6. The molecule has 0 atom stereocenters. The van der Waals surface area contributed by atoms with Crippen LogP contribution < -0.4 is 0 Å². The molecule has 0 aliphatic heterocycles. The Kier molecular flexibility index (Phi) is 13.3. The standard InChI is InChI=1S/C6H12Br2OS2/c7-3-1-5-10-9-11-6-2-4-8/h1-6H2. The third-order valence-electron chi connectivity index (χ3n) is 0.819. The van der Waals surface area contributed by atoms with Gasteiger partial charge in [0.05, 0.1) is 0 Å². The first-order valence-electron chi connectivity index (χ1n) is 3.45. The molecule has 0 aliphatic carbocycles. The molecule has 0 saturated carbocycles. The molecule has 0 N–H and O–H groups in total. The monoisotopic (exact) mass is 322 g/mol. The summed E-state index contributed by atoms with van der Waals surface area (Å²) in [6.45, 7) is 0. The average Bonchev–Trinajstić information content (AvgIpc) is 2.03. The predicted molar refractivity (Wildman–Crippen MR) is 62.8 cm³/mol. The van der Waals surface area contributed by atoms with Crippen LogP contribution in [-0.4, -0.2) is 22.2 Å². The molecule has 0 heterocycles. The van der Waals surface area contributed by atoms with Crippen molar-refractivity contribution in [1.29, 1.82) is 0 Å². The lowest BCUT2D eigenvalue weighted by Crippen LogP contribution is -1.82. The SMILES string of the molecule is BrCCCSOSCCCBr. The fourth-order valence-electron chi connectivity index (χ4n) is 0.329. The first-order chi connectivity index (χ1) is 5.41. The van der Waals surface area contributed by atoms with Crippen LogP contribution in [-0.2, 0) is 3.63 Å². The highest BCUT2D eigenvalue weighted by atomic mass is 79.9. The van der Waals surface area contributed by atoms with Crippen molar-refractivity contribution < 1.29 is 3.63 Å². The normalized spacial score (nSPS) is 10.4. The molecule has 0 radical (unpaired) electrons. The lowest BCUT2D eigenvalue weighted by atomic mass is 10.6. The van der Waals surface area contributed by atoms with Crippen molar-refractivity contribution in [2.24, 2.45) is 0 Å². The Morgan fingerprint density at radius 1 is 0.909 bits per heavy atom. The van der Waals surface area contributed by atoms with Gasteiger partial charge in [-0.1, -0.05) is 31.9 Å². The van der Waals surface area contributed by atoms with Crippen molar-refractivity contribution in [2.75, 3.05) is 22.2 Å². The Bertz CT molecular complexity index is 67.6. The van der Waals surface area contributed by atoms with Gasteiger partial charge < -0.3 is 0 Å². The minimum Gasteiger partial charge on any atom is -0.247 e. The van der Waals surface area contributed by atoms with Crippen LogP contribution in [0.25, 0.3) is 0 Å². The van der Waals surface area contributed by atoms with Crippen LogP contribution in [0.3, 0.4) is 0 Å². The Hall–Kier alpha value is 1.62. The second-order valence-corrected chi connectivity index (χ2v) is 5.22. The Morgan fingerprint density at radius 2 is 1.36 bits per heavy atom. The van der Waals surface area contributed by atoms with Crippen LogP contribution in [0, 0.1) is 0 Å². The quantitative estimate of drug-likeness (QED) is 0.381. The summed E-state index contributed by atoms with van der Waals surface area (Å²) in [6, 6.07) is 0. The maximum Gasteiger partial charge on any atom is 0.0218 e. The maximum absolute atomic E-state index is 5.23. The summed E-state index contributed by atoms with van der Waals surface area (Å²) in [5.41, 5.74) is 0. The van der Waals surface area contributed by atoms with Gasteiger partial charge in [-0.3, -0.25) is 0 Å². The largest absolute Gasteiger partial charge is 0.247 e. The van der Waals surface area contributed by atoms with Crippen molar-refractivity contribution in [1.82, 2.24) is 0 Å². The smallest absolute Gasteiger partial charge is 0.0218 e. The molecule has 0 amide bonds. The zero-order valence-electron chi connectivity index (χ0n) is 6.22. The van der Waals surface area contributed by atoms with E-state index in [0.29, 0.717) is 0 Å². The predicted octanol–water partition coefficient (Wildman–Crippen LogP) is 3.87. The molecule has 5 heteroatoms. The molecule has 0 aromatic heterocycles. The van der Waals surface area contributed by atoms with Crippen LogP contribution in [0.15, 0.2) is 0 Å². The number of hydrogen-bond acceptors (Lipinski definition) is 3. The van der Waals surface area contributed by atoms with Crippen molar-refractivity contribution in [3.8, 4) is 0 Å². The molecule has 0 aromatic carbocycles. The van der Waals surface area contributed by atoms with Crippen molar-refractivity contribution >= 4 is 55.9 Å². The van der Waals surface area contributed by atoms with E-state index in [4.69, 9.17) is 3.63 Å². The Labute approximate surface area is 94.1 Å². The van der Waals surface area contributed by atoms with E-state index in [9.17, 15) is 0 Å². The van der Waals surface area contributed by atoms with Crippen LogP contribution in [0.1, 0.15) is 12.8 Å². The fraction of sp³-hybridized carbons (Fsp3) is 1.00. The number of hydrogen-bond donors (Lipinski definition) is 0. The molecular weight excluding hydrogens is 312 g/mol. The molecular formula is C6H12Br2OS2. The van der Waals surface area contributed by atoms with E-state index >= 15 is 0 Å². The molecule has 1 nitrogen and oxygen atoms in total. The van der Waals surface area contributed by atoms with Gasteiger partial charge in [0.25, 0.3) is 0 Å². The Balaban J connectivity index is 2.69. The third-order valence-corrected chi connectivity index (χ3v) is 3.62. The van der Waals surface area contributed by atoms with Gasteiger partial charge in [0, 0.05) is 46.3 Å². The first-order valence-corrected chi connectivity index (χ1v) is 7.51. The lowest BCUT2D eigenvalue weighted by molar-refractivity contribution is 0.752. The molecule has 0 unspecified atom stereocenters. The zero-order chi connectivity index (χ0) is 8.36. The summed E-state index contributed by atoms with van der Waals surface area (Å²) in [7, 11) is 0. The van der Waals surface area contributed by atoms with Crippen LogP contribution in [0.5, 0.6) is 0 Å². The molecule has 0 saturated heterocycles. The fourth-order valence-corrected chi connectivity index (χ4v) is 2.97. The maximum atomic E-state index is 5.23. The van der Waals surface area contributed by atoms with Crippen molar-refractivity contribution in [2.45, 2.75) is 12.8 Å². The highest BCUT2D eigenvalue weighted by molar-refractivity contribution is 9.09. The molecule has 11 heavy (non-hydrogen) atoms. The number of rotatable bonds is 8. The number of alkyl halides is 2. The van der Waals surface area contributed by atoms with Gasteiger partial charge in [0.2, 0.25) is 0 Å². The van der Waals surface area contributed by atoms with E-state index < -0.39 is 0 Å². The Morgan fingerprint density at radius 3 is 1.73 bits per heavy atom. The topological polar surface area (TPSA) is 9.23 Å². The summed E-state index contributed by atoms with van der Waals surface area (Å²) in [6.07, 6.45) is 2.34.